The first kappa shape index (κ1) is 14.5. The highest BCUT2D eigenvalue weighted by atomic mass is 32.2. The van der Waals surface area contributed by atoms with Gasteiger partial charge in [0.05, 0.1) is 5.69 Å². The summed E-state index contributed by atoms with van der Waals surface area (Å²) in [6.45, 7) is 4.13. The number of thioether (sulfide) groups is 1. The summed E-state index contributed by atoms with van der Waals surface area (Å²) >= 11 is 1.76. The summed E-state index contributed by atoms with van der Waals surface area (Å²) in [6, 6.07) is 8.54. The Balaban J connectivity index is 2.03. The largest absolute Gasteiger partial charge is 0.312 e. The van der Waals surface area contributed by atoms with Gasteiger partial charge in [-0.05, 0) is 24.8 Å². The average Bonchev–Trinajstić information content (AvgIpc) is 2.55. The van der Waals surface area contributed by atoms with Crippen molar-refractivity contribution >= 4 is 11.8 Å². The highest BCUT2D eigenvalue weighted by Gasteiger charge is 2.17. The molecule has 2 aromatic rings. The van der Waals surface area contributed by atoms with Crippen LogP contribution in [0.15, 0.2) is 29.2 Å². The molecule has 0 bridgehead atoms. The Bertz CT molecular complexity index is 623. The van der Waals surface area contributed by atoms with Gasteiger partial charge in [-0.25, -0.2) is 9.97 Å². The van der Waals surface area contributed by atoms with Crippen LogP contribution in [-0.4, -0.2) is 22.8 Å². The monoisotopic (exact) mass is 299 g/mol. The molecule has 1 aromatic carbocycles. The van der Waals surface area contributed by atoms with Crippen molar-refractivity contribution in [1.82, 2.24) is 15.3 Å². The molecule has 2 heterocycles. The number of fused-ring (bicyclic) bond motifs is 1. The Morgan fingerprint density at radius 2 is 2.00 bits per heavy atom. The molecule has 1 aliphatic rings. The number of nitrogens with one attached hydrogen (secondary N) is 1. The van der Waals surface area contributed by atoms with Crippen molar-refractivity contribution in [2.24, 2.45) is 0 Å². The predicted octanol–water partition coefficient (Wildman–Crippen LogP) is 3.46. The second-order valence-corrected chi connectivity index (χ2v) is 6.20. The molecule has 21 heavy (non-hydrogen) atoms. The number of nitrogens with zero attached hydrogens (tertiary/aromatic N) is 2. The van der Waals surface area contributed by atoms with E-state index in [1.165, 1.54) is 21.8 Å². The minimum absolute atomic E-state index is 0.881. The third-order valence-electron chi connectivity index (χ3n) is 3.85. The number of benzene rings is 1. The van der Waals surface area contributed by atoms with Crippen LogP contribution in [0, 0.1) is 0 Å². The fraction of sp³-hybridized carbons (Fsp3) is 0.412. The molecular formula is C17H21N3S. The van der Waals surface area contributed by atoms with Gasteiger partial charge in [-0.1, -0.05) is 25.5 Å². The summed E-state index contributed by atoms with van der Waals surface area (Å²) in [5.74, 6) is 0.881. The Labute approximate surface area is 130 Å². The maximum atomic E-state index is 4.84. The van der Waals surface area contributed by atoms with E-state index in [1.807, 2.05) is 0 Å². The third kappa shape index (κ3) is 3.11. The Hall–Kier alpha value is -1.39. The molecule has 0 atom stereocenters. The van der Waals surface area contributed by atoms with Crippen molar-refractivity contribution in [1.29, 1.82) is 0 Å². The molecule has 0 fully saturated rings. The summed E-state index contributed by atoms with van der Waals surface area (Å²) in [6.07, 6.45) is 5.25. The van der Waals surface area contributed by atoms with Crippen molar-refractivity contribution in [2.75, 3.05) is 12.8 Å². The first-order chi connectivity index (χ1) is 10.3. The second-order valence-electron chi connectivity index (χ2n) is 5.32. The van der Waals surface area contributed by atoms with E-state index in [9.17, 15) is 0 Å². The van der Waals surface area contributed by atoms with Crippen LogP contribution in [-0.2, 0) is 19.4 Å². The number of rotatable bonds is 4. The molecule has 3 nitrogen and oxygen atoms in total. The summed E-state index contributed by atoms with van der Waals surface area (Å²) in [4.78, 5) is 10.9. The van der Waals surface area contributed by atoms with Crippen molar-refractivity contribution < 1.29 is 0 Å². The van der Waals surface area contributed by atoms with Gasteiger partial charge >= 0.3 is 0 Å². The second kappa shape index (κ2) is 6.58. The van der Waals surface area contributed by atoms with Crippen molar-refractivity contribution in [3.05, 3.63) is 41.2 Å². The normalized spacial score (nSPS) is 14.0. The Morgan fingerprint density at radius 1 is 1.19 bits per heavy atom. The van der Waals surface area contributed by atoms with Gasteiger partial charge < -0.3 is 5.32 Å². The molecule has 0 aliphatic carbocycles. The van der Waals surface area contributed by atoms with E-state index in [1.54, 1.807) is 11.8 Å². The number of aromatic nitrogens is 2. The minimum Gasteiger partial charge on any atom is -0.312 e. The molecule has 0 saturated carbocycles. The van der Waals surface area contributed by atoms with Crippen LogP contribution >= 0.6 is 11.8 Å². The quantitative estimate of drug-likeness (QED) is 0.877. The lowest BCUT2D eigenvalue weighted by Crippen LogP contribution is -2.26. The molecular weight excluding hydrogens is 278 g/mol. The predicted molar refractivity (Wildman–Crippen MR) is 88.7 cm³/mol. The van der Waals surface area contributed by atoms with E-state index in [4.69, 9.17) is 9.97 Å². The molecule has 1 aliphatic heterocycles. The highest BCUT2D eigenvalue weighted by Crippen LogP contribution is 2.24. The molecule has 0 unspecified atom stereocenters. The zero-order chi connectivity index (χ0) is 14.7. The van der Waals surface area contributed by atoms with E-state index >= 15 is 0 Å². The van der Waals surface area contributed by atoms with Gasteiger partial charge in [-0.2, -0.15) is 0 Å². The van der Waals surface area contributed by atoms with Gasteiger partial charge in [0.2, 0.25) is 0 Å². The van der Waals surface area contributed by atoms with Gasteiger partial charge in [0.1, 0.15) is 0 Å². The van der Waals surface area contributed by atoms with E-state index in [2.05, 4.69) is 42.8 Å². The van der Waals surface area contributed by atoms with Crippen LogP contribution < -0.4 is 5.32 Å². The first-order valence-corrected chi connectivity index (χ1v) is 8.78. The van der Waals surface area contributed by atoms with E-state index in [-0.39, 0.29) is 0 Å². The maximum absolute atomic E-state index is 4.84. The van der Waals surface area contributed by atoms with Crippen LogP contribution in [0.3, 0.4) is 0 Å². The molecule has 0 radical (unpaired) electrons. The zero-order valence-electron chi connectivity index (χ0n) is 12.6. The summed E-state index contributed by atoms with van der Waals surface area (Å²) in [5, 5.41) is 3.43. The van der Waals surface area contributed by atoms with Gasteiger partial charge in [-0.3, -0.25) is 0 Å². The number of hydrogen-bond acceptors (Lipinski definition) is 4. The molecule has 1 aromatic heterocycles. The zero-order valence-corrected chi connectivity index (χ0v) is 13.5. The lowest BCUT2D eigenvalue weighted by Gasteiger charge is -2.20. The lowest BCUT2D eigenvalue weighted by molar-refractivity contribution is 0.615. The van der Waals surface area contributed by atoms with Crippen LogP contribution in [0.2, 0.25) is 0 Å². The molecule has 110 valence electrons. The standard InChI is InChI=1S/C17H21N3S/c1-3-4-15-14-11-18-10-9-16(14)20-17(19-15)12-5-7-13(21-2)8-6-12/h5-8,18H,3-4,9-11H2,1-2H3. The maximum Gasteiger partial charge on any atom is 0.159 e. The smallest absolute Gasteiger partial charge is 0.159 e. The number of aryl methyl sites for hydroxylation is 1. The van der Waals surface area contributed by atoms with Crippen LogP contribution in [0.5, 0.6) is 0 Å². The minimum atomic E-state index is 0.881. The first-order valence-electron chi connectivity index (χ1n) is 7.55. The van der Waals surface area contributed by atoms with Crippen LogP contribution in [0.4, 0.5) is 0 Å². The van der Waals surface area contributed by atoms with Gasteiger partial charge in [0, 0.05) is 41.2 Å². The van der Waals surface area contributed by atoms with Crippen molar-refractivity contribution in [3.63, 3.8) is 0 Å². The van der Waals surface area contributed by atoms with Gasteiger partial charge in [-0.15, -0.1) is 11.8 Å². The molecule has 0 saturated heterocycles. The van der Waals surface area contributed by atoms with Gasteiger partial charge in [0.25, 0.3) is 0 Å². The average molecular weight is 299 g/mol. The molecule has 0 spiro atoms. The van der Waals surface area contributed by atoms with E-state index in [0.29, 0.717) is 0 Å². The van der Waals surface area contributed by atoms with E-state index in [0.717, 1.165) is 43.7 Å². The van der Waals surface area contributed by atoms with Crippen LogP contribution in [0.25, 0.3) is 11.4 Å². The van der Waals surface area contributed by atoms with Crippen molar-refractivity contribution in [2.45, 2.75) is 37.6 Å². The van der Waals surface area contributed by atoms with Crippen molar-refractivity contribution in [3.8, 4) is 11.4 Å². The molecule has 4 heteroatoms. The van der Waals surface area contributed by atoms with E-state index < -0.39 is 0 Å². The lowest BCUT2D eigenvalue weighted by atomic mass is 10.0. The molecule has 0 amide bonds. The number of hydrogen-bond donors (Lipinski definition) is 1. The summed E-state index contributed by atoms with van der Waals surface area (Å²) < 4.78 is 0. The SMILES string of the molecule is CCCc1nc(-c2ccc(SC)cc2)nc2c1CNCC2. The fourth-order valence-electron chi connectivity index (χ4n) is 2.73. The highest BCUT2D eigenvalue weighted by molar-refractivity contribution is 7.98. The molecule has 1 N–H and O–H groups in total. The fourth-order valence-corrected chi connectivity index (χ4v) is 3.13. The third-order valence-corrected chi connectivity index (χ3v) is 4.60. The summed E-state index contributed by atoms with van der Waals surface area (Å²) in [5.41, 5.74) is 4.90. The Morgan fingerprint density at radius 3 is 2.71 bits per heavy atom. The van der Waals surface area contributed by atoms with Crippen LogP contribution in [0.1, 0.15) is 30.3 Å². The molecule has 3 rings (SSSR count). The summed E-state index contributed by atoms with van der Waals surface area (Å²) in [7, 11) is 0. The Kier molecular flexibility index (Phi) is 4.56. The topological polar surface area (TPSA) is 37.8 Å². The van der Waals surface area contributed by atoms with Gasteiger partial charge in [0.15, 0.2) is 5.82 Å².